The predicted molar refractivity (Wildman–Crippen MR) is 96.9 cm³/mol. The summed E-state index contributed by atoms with van der Waals surface area (Å²) in [4.78, 5) is 17.1. The van der Waals surface area contributed by atoms with E-state index >= 15 is 0 Å². The summed E-state index contributed by atoms with van der Waals surface area (Å²) in [6.07, 6.45) is 1.19. The second kappa shape index (κ2) is 7.28. The molecule has 1 saturated heterocycles. The third kappa shape index (κ3) is 3.82. The van der Waals surface area contributed by atoms with Crippen LogP contribution < -0.4 is 0 Å². The summed E-state index contributed by atoms with van der Waals surface area (Å²) in [5.41, 5.74) is 3.18. The molecule has 1 fully saturated rings. The molecule has 1 unspecified atom stereocenters. The van der Waals surface area contributed by atoms with Gasteiger partial charge >= 0.3 is 0 Å². The summed E-state index contributed by atoms with van der Waals surface area (Å²) in [5, 5.41) is 4.21. The molecule has 1 aromatic carbocycles. The first kappa shape index (κ1) is 16.2. The summed E-state index contributed by atoms with van der Waals surface area (Å²) >= 11 is 1.69. The Morgan fingerprint density at radius 2 is 2.04 bits per heavy atom. The zero-order valence-corrected chi connectivity index (χ0v) is 14.7. The van der Waals surface area contributed by atoms with E-state index < -0.39 is 0 Å². The van der Waals surface area contributed by atoms with Crippen LogP contribution in [0.15, 0.2) is 41.1 Å². The number of benzene rings is 1. The fourth-order valence-electron chi connectivity index (χ4n) is 3.26. The van der Waals surface area contributed by atoms with E-state index in [4.69, 9.17) is 0 Å². The van der Waals surface area contributed by atoms with Crippen LogP contribution in [0.5, 0.6) is 0 Å². The molecular weight excluding hydrogens is 304 g/mol. The van der Waals surface area contributed by atoms with Gasteiger partial charge in [0.1, 0.15) is 0 Å². The molecule has 122 valence electrons. The largest absolute Gasteiger partial charge is 0.339 e. The highest BCUT2D eigenvalue weighted by Crippen LogP contribution is 2.23. The van der Waals surface area contributed by atoms with E-state index in [0.717, 1.165) is 31.7 Å². The third-order valence-electron chi connectivity index (χ3n) is 4.62. The maximum atomic E-state index is 12.8. The minimum absolute atomic E-state index is 0.152. The molecule has 1 amide bonds. The molecule has 2 aromatic rings. The van der Waals surface area contributed by atoms with E-state index in [1.165, 1.54) is 17.5 Å². The molecule has 0 saturated carbocycles. The molecule has 0 radical (unpaired) electrons. The van der Waals surface area contributed by atoms with E-state index in [0.29, 0.717) is 5.92 Å². The van der Waals surface area contributed by atoms with Crippen molar-refractivity contribution >= 4 is 17.2 Å². The second-order valence-electron chi connectivity index (χ2n) is 6.35. The third-order valence-corrected chi connectivity index (χ3v) is 5.31. The average Bonchev–Trinajstić information content (AvgIpc) is 3.24. The van der Waals surface area contributed by atoms with E-state index in [1.807, 2.05) is 29.2 Å². The number of amides is 1. The summed E-state index contributed by atoms with van der Waals surface area (Å²) in [6.45, 7) is 5.94. The van der Waals surface area contributed by atoms with Crippen molar-refractivity contribution < 1.29 is 4.79 Å². The van der Waals surface area contributed by atoms with Gasteiger partial charge in [0.05, 0.1) is 0 Å². The van der Waals surface area contributed by atoms with Crippen LogP contribution in [0.2, 0.25) is 0 Å². The Hall–Kier alpha value is -1.65. The van der Waals surface area contributed by atoms with Gasteiger partial charge in [-0.2, -0.15) is 11.3 Å². The molecule has 1 aromatic heterocycles. The van der Waals surface area contributed by atoms with E-state index in [2.05, 4.69) is 35.7 Å². The van der Waals surface area contributed by atoms with Gasteiger partial charge < -0.3 is 9.80 Å². The van der Waals surface area contributed by atoms with Crippen LogP contribution in [0.1, 0.15) is 23.7 Å². The van der Waals surface area contributed by atoms with Crippen LogP contribution in [0.25, 0.3) is 11.1 Å². The lowest BCUT2D eigenvalue weighted by Crippen LogP contribution is -2.36. The molecule has 0 bridgehead atoms. The quantitative estimate of drug-likeness (QED) is 0.833. The van der Waals surface area contributed by atoms with Crippen LogP contribution in [-0.4, -0.2) is 48.9 Å². The minimum atomic E-state index is 0.152. The number of likely N-dealkylation sites (tertiary alicyclic amines) is 1. The monoisotopic (exact) mass is 328 g/mol. The first-order chi connectivity index (χ1) is 11.2. The van der Waals surface area contributed by atoms with Gasteiger partial charge in [-0.15, -0.1) is 0 Å². The first-order valence-corrected chi connectivity index (χ1v) is 9.22. The number of carbonyl (C=O) groups excluding carboxylic acids is 1. The molecular formula is C19H24N2OS. The molecule has 0 N–H and O–H groups in total. The number of thiophene rings is 1. The van der Waals surface area contributed by atoms with Gasteiger partial charge in [-0.25, -0.2) is 0 Å². The van der Waals surface area contributed by atoms with Crippen LogP contribution in [0, 0.1) is 5.92 Å². The standard InChI is InChI=1S/C19H24N2OS/c1-3-21(13-15-8-10-20(2)12-15)19(22)17-6-4-16(5-7-17)18-9-11-23-14-18/h4-7,9,11,14-15H,3,8,10,12-13H2,1-2H3. The van der Waals surface area contributed by atoms with Gasteiger partial charge in [0.15, 0.2) is 0 Å². The Bertz CT molecular complexity index is 636. The molecule has 0 spiro atoms. The maximum Gasteiger partial charge on any atom is 0.253 e. The van der Waals surface area contributed by atoms with Crippen molar-refractivity contribution in [2.24, 2.45) is 5.92 Å². The SMILES string of the molecule is CCN(CC1CCN(C)C1)C(=O)c1ccc(-c2ccsc2)cc1. The molecule has 1 atom stereocenters. The zero-order valence-electron chi connectivity index (χ0n) is 13.9. The normalized spacial score (nSPS) is 18.3. The maximum absolute atomic E-state index is 12.8. The molecule has 2 heterocycles. The summed E-state index contributed by atoms with van der Waals surface area (Å²) in [7, 11) is 2.15. The Morgan fingerprint density at radius 3 is 2.61 bits per heavy atom. The Morgan fingerprint density at radius 1 is 1.26 bits per heavy atom. The number of rotatable bonds is 5. The zero-order chi connectivity index (χ0) is 16.2. The highest BCUT2D eigenvalue weighted by molar-refractivity contribution is 7.08. The van der Waals surface area contributed by atoms with E-state index in [1.54, 1.807) is 11.3 Å². The molecule has 1 aliphatic rings. The van der Waals surface area contributed by atoms with Crippen molar-refractivity contribution in [1.82, 2.24) is 9.80 Å². The second-order valence-corrected chi connectivity index (χ2v) is 7.13. The molecule has 3 nitrogen and oxygen atoms in total. The van der Waals surface area contributed by atoms with Gasteiger partial charge in [-0.05, 0) is 72.9 Å². The summed E-state index contributed by atoms with van der Waals surface area (Å²) in [6, 6.07) is 10.1. The molecule has 3 rings (SSSR count). The van der Waals surface area contributed by atoms with E-state index in [-0.39, 0.29) is 5.91 Å². The highest BCUT2D eigenvalue weighted by Gasteiger charge is 2.24. The van der Waals surface area contributed by atoms with Crippen LogP contribution in [-0.2, 0) is 0 Å². The topological polar surface area (TPSA) is 23.6 Å². The Labute approximate surface area is 142 Å². The summed E-state index contributed by atoms with van der Waals surface area (Å²) < 4.78 is 0. The van der Waals surface area contributed by atoms with Crippen LogP contribution in [0.3, 0.4) is 0 Å². The lowest BCUT2D eigenvalue weighted by Gasteiger charge is -2.24. The summed E-state index contributed by atoms with van der Waals surface area (Å²) in [5.74, 6) is 0.757. The number of hydrogen-bond donors (Lipinski definition) is 0. The minimum Gasteiger partial charge on any atom is -0.339 e. The Balaban J connectivity index is 1.68. The average molecular weight is 328 g/mol. The smallest absolute Gasteiger partial charge is 0.253 e. The van der Waals surface area contributed by atoms with Crippen molar-refractivity contribution in [2.45, 2.75) is 13.3 Å². The van der Waals surface area contributed by atoms with Crippen molar-refractivity contribution in [1.29, 1.82) is 0 Å². The lowest BCUT2D eigenvalue weighted by atomic mass is 10.0. The van der Waals surface area contributed by atoms with Crippen molar-refractivity contribution in [2.75, 3.05) is 33.2 Å². The highest BCUT2D eigenvalue weighted by atomic mass is 32.1. The fourth-order valence-corrected chi connectivity index (χ4v) is 3.92. The van der Waals surface area contributed by atoms with Gasteiger partial charge in [-0.3, -0.25) is 4.79 Å². The fraction of sp³-hybridized carbons (Fsp3) is 0.421. The first-order valence-electron chi connectivity index (χ1n) is 8.28. The molecule has 1 aliphatic heterocycles. The number of nitrogens with zero attached hydrogens (tertiary/aromatic N) is 2. The Kier molecular flexibility index (Phi) is 5.13. The van der Waals surface area contributed by atoms with Crippen molar-refractivity contribution in [3.8, 4) is 11.1 Å². The van der Waals surface area contributed by atoms with Gasteiger partial charge in [0, 0.05) is 25.2 Å². The van der Waals surface area contributed by atoms with Gasteiger partial charge in [0.25, 0.3) is 5.91 Å². The van der Waals surface area contributed by atoms with Crippen molar-refractivity contribution in [3.05, 3.63) is 46.7 Å². The molecule has 4 heteroatoms. The predicted octanol–water partition coefficient (Wildman–Crippen LogP) is 3.83. The van der Waals surface area contributed by atoms with Crippen LogP contribution in [0.4, 0.5) is 0 Å². The number of carbonyl (C=O) groups is 1. The molecule has 23 heavy (non-hydrogen) atoms. The van der Waals surface area contributed by atoms with E-state index in [9.17, 15) is 4.79 Å². The number of hydrogen-bond acceptors (Lipinski definition) is 3. The van der Waals surface area contributed by atoms with Gasteiger partial charge in [0.2, 0.25) is 0 Å². The van der Waals surface area contributed by atoms with Gasteiger partial charge in [-0.1, -0.05) is 12.1 Å². The molecule has 0 aliphatic carbocycles. The lowest BCUT2D eigenvalue weighted by molar-refractivity contribution is 0.0740. The van der Waals surface area contributed by atoms with Crippen molar-refractivity contribution in [3.63, 3.8) is 0 Å². The van der Waals surface area contributed by atoms with Crippen LogP contribution >= 0.6 is 11.3 Å².